The number of hydrogen-bond acceptors (Lipinski definition) is 2. The van der Waals surface area contributed by atoms with E-state index in [4.69, 9.17) is 23.7 Å². The second-order valence-electron chi connectivity index (χ2n) is 3.39. The van der Waals surface area contributed by atoms with Crippen LogP contribution < -0.4 is 0 Å². The molecular formula is C12H20MnN6-6. The van der Waals surface area contributed by atoms with Gasteiger partial charge in [-0.05, 0) is 0 Å². The van der Waals surface area contributed by atoms with Crippen LogP contribution in [0.5, 0.6) is 0 Å². The molecule has 1 rings (SSSR count). The van der Waals surface area contributed by atoms with Crippen molar-refractivity contribution >= 4 is 0 Å². The first-order valence-corrected chi connectivity index (χ1v) is 5.98. The molecule has 0 atom stereocenters. The minimum atomic E-state index is 0. The van der Waals surface area contributed by atoms with Crippen LogP contribution in [0.4, 0.5) is 0 Å². The van der Waals surface area contributed by atoms with Crippen molar-refractivity contribution in [2.45, 2.75) is 12.8 Å². The molecule has 7 heteroatoms. The molecular weight excluding hydrogens is 283 g/mol. The first kappa shape index (κ1) is 23.4. The summed E-state index contributed by atoms with van der Waals surface area (Å²) in [5.74, 6) is 0. The van der Waals surface area contributed by atoms with Crippen LogP contribution in [-0.4, -0.2) is 52.4 Å². The van der Waals surface area contributed by atoms with Crippen molar-refractivity contribution in [3.8, 4) is 0 Å². The van der Waals surface area contributed by atoms with E-state index in [-0.39, 0.29) is 17.1 Å². The van der Waals surface area contributed by atoms with Crippen molar-refractivity contribution in [2.75, 3.05) is 52.4 Å². The van der Waals surface area contributed by atoms with Gasteiger partial charge in [0.25, 0.3) is 0 Å². The maximum atomic E-state index is 6.25. The predicted molar refractivity (Wildman–Crippen MR) is 71.5 cm³/mol. The van der Waals surface area contributed by atoms with Gasteiger partial charge in [-0.25, -0.2) is 0 Å². The molecule has 1 aliphatic rings. The van der Waals surface area contributed by atoms with Crippen LogP contribution >= 0.6 is 0 Å². The van der Waals surface area contributed by atoms with Gasteiger partial charge in [-0.3, -0.25) is 0 Å². The third kappa shape index (κ3) is 22.9. The number of hydrogen-bond donors (Lipinski definition) is 0. The van der Waals surface area contributed by atoms with E-state index >= 15 is 0 Å². The fraction of sp³-hybridized carbons (Fsp3) is 0.833. The van der Waals surface area contributed by atoms with Crippen molar-refractivity contribution in [1.82, 2.24) is 0 Å². The molecule has 111 valence electrons. The largest absolute Gasteiger partial charge is 0.664 e. The Morgan fingerprint density at radius 2 is 0.684 bits per heavy atom. The average molecular weight is 303 g/mol. The van der Waals surface area contributed by atoms with E-state index in [0.717, 1.165) is 65.2 Å². The van der Waals surface area contributed by atoms with Crippen LogP contribution in [-0.2, 0) is 17.1 Å². The third-order valence-corrected chi connectivity index (χ3v) is 2.10. The molecule has 1 fully saturated rings. The van der Waals surface area contributed by atoms with Crippen LogP contribution in [0.25, 0.3) is 21.3 Å². The fourth-order valence-corrected chi connectivity index (χ4v) is 1.32. The molecule has 19 heavy (non-hydrogen) atoms. The second-order valence-corrected chi connectivity index (χ2v) is 3.39. The zero-order valence-electron chi connectivity index (χ0n) is 11.1. The molecule has 6 nitrogen and oxygen atoms in total. The maximum absolute atomic E-state index is 6.25. The third-order valence-electron chi connectivity index (χ3n) is 2.10. The standard InChI is InChI=1S/C10H20N4.2CN.Mn/c1-3-11-7-9-13-5-2-6-14-10-8-12-4-1;2*1-2;/h1-10H2;;;/q-4;2*-1;. The normalized spacial score (nSPS) is 17.9. The average Bonchev–Trinajstić information content (AvgIpc) is 2.46. The summed E-state index contributed by atoms with van der Waals surface area (Å²) >= 11 is 0. The fourth-order valence-electron chi connectivity index (χ4n) is 1.32. The van der Waals surface area contributed by atoms with E-state index in [9.17, 15) is 0 Å². The molecule has 1 aliphatic heterocycles. The topological polar surface area (TPSA) is 104 Å². The number of rotatable bonds is 0. The van der Waals surface area contributed by atoms with Gasteiger partial charge >= 0.3 is 0 Å². The van der Waals surface area contributed by atoms with Gasteiger partial charge in [-0.1, -0.05) is 12.8 Å². The molecule has 0 bridgehead atoms. The summed E-state index contributed by atoms with van der Waals surface area (Å²) < 4.78 is 0. The minimum absolute atomic E-state index is 0. The first-order chi connectivity index (χ1) is 9.00. The van der Waals surface area contributed by atoms with Crippen LogP contribution in [0.1, 0.15) is 12.8 Å². The molecule has 0 saturated carbocycles. The van der Waals surface area contributed by atoms with Gasteiger partial charge in [0.2, 0.25) is 0 Å². The molecule has 1 heterocycles. The Labute approximate surface area is 127 Å². The van der Waals surface area contributed by atoms with E-state index in [2.05, 4.69) is 21.3 Å². The molecule has 0 aromatic rings. The van der Waals surface area contributed by atoms with Crippen molar-refractivity contribution in [1.29, 1.82) is 10.5 Å². The van der Waals surface area contributed by atoms with Crippen molar-refractivity contribution < 1.29 is 17.1 Å². The van der Waals surface area contributed by atoms with Gasteiger partial charge in [-0.2, -0.15) is 52.4 Å². The maximum Gasteiger partial charge on any atom is 0 e. The van der Waals surface area contributed by atoms with Crippen LogP contribution in [0.3, 0.4) is 0 Å². The second kappa shape index (κ2) is 26.0. The smallest absolute Gasteiger partial charge is 0 e. The summed E-state index contributed by atoms with van der Waals surface area (Å²) in [6.07, 6.45) is 2.17. The van der Waals surface area contributed by atoms with Gasteiger partial charge < -0.3 is 44.9 Å². The SMILES string of the molecule is C1C[N-]CC[N-]CCC[N-]CC[N-]C1.[C-]#N.[C-]#N.[Mn]. The predicted octanol–water partition coefficient (Wildman–Crippen LogP) is 2.47. The van der Waals surface area contributed by atoms with Crippen LogP contribution in [0.15, 0.2) is 0 Å². The Balaban J connectivity index is -0.000000467. The van der Waals surface area contributed by atoms with Crippen molar-refractivity contribution in [3.05, 3.63) is 34.4 Å². The van der Waals surface area contributed by atoms with Gasteiger partial charge in [0, 0.05) is 17.1 Å². The van der Waals surface area contributed by atoms with E-state index in [1.165, 1.54) is 0 Å². The molecule has 0 aromatic heterocycles. The van der Waals surface area contributed by atoms with Crippen molar-refractivity contribution in [2.24, 2.45) is 0 Å². The van der Waals surface area contributed by atoms with Crippen molar-refractivity contribution in [3.63, 3.8) is 0 Å². The number of nitrogens with zero attached hydrogens (tertiary/aromatic N) is 6. The summed E-state index contributed by atoms with van der Waals surface area (Å²) in [5, 5.41) is 30.0. The molecule has 1 saturated heterocycles. The molecule has 0 amide bonds. The van der Waals surface area contributed by atoms with E-state index in [1.54, 1.807) is 0 Å². The summed E-state index contributed by atoms with van der Waals surface area (Å²) in [6.45, 7) is 16.8. The Bertz CT molecular complexity index is 126. The first-order valence-electron chi connectivity index (χ1n) is 5.98. The quantitative estimate of drug-likeness (QED) is 0.506. The Morgan fingerprint density at radius 3 is 0.895 bits per heavy atom. The Morgan fingerprint density at radius 1 is 0.474 bits per heavy atom. The summed E-state index contributed by atoms with van der Waals surface area (Å²) in [6, 6.07) is 0. The summed E-state index contributed by atoms with van der Waals surface area (Å²) in [4.78, 5) is 0. The molecule has 0 N–H and O–H groups in total. The minimum Gasteiger partial charge on any atom is -0.664 e. The molecule has 0 unspecified atom stereocenters. The van der Waals surface area contributed by atoms with Gasteiger partial charge in [0.1, 0.15) is 0 Å². The molecule has 1 radical (unpaired) electrons. The van der Waals surface area contributed by atoms with Crippen LogP contribution in [0, 0.1) is 23.7 Å². The van der Waals surface area contributed by atoms with Gasteiger partial charge in [-0.15, -0.1) is 0 Å². The van der Waals surface area contributed by atoms with E-state index in [0.29, 0.717) is 0 Å². The monoisotopic (exact) mass is 303 g/mol. The zero-order chi connectivity index (χ0) is 13.9. The molecule has 0 aromatic carbocycles. The zero-order valence-corrected chi connectivity index (χ0v) is 12.3. The summed E-state index contributed by atoms with van der Waals surface area (Å²) in [5.41, 5.74) is 0. The van der Waals surface area contributed by atoms with Crippen LogP contribution in [0.2, 0.25) is 0 Å². The van der Waals surface area contributed by atoms with Gasteiger partial charge in [0.05, 0.1) is 0 Å². The van der Waals surface area contributed by atoms with Gasteiger partial charge in [0.15, 0.2) is 0 Å². The van der Waals surface area contributed by atoms with E-state index < -0.39 is 0 Å². The molecule has 0 aliphatic carbocycles. The Kier molecular flexibility index (Phi) is 32.1. The Hall–Kier alpha value is -0.661. The summed E-state index contributed by atoms with van der Waals surface area (Å²) in [7, 11) is 0. The molecule has 0 spiro atoms. The van der Waals surface area contributed by atoms with E-state index in [1.807, 2.05) is 0 Å².